The summed E-state index contributed by atoms with van der Waals surface area (Å²) in [5.74, 6) is -0.137. The van der Waals surface area contributed by atoms with Crippen molar-refractivity contribution in [1.29, 1.82) is 0 Å². The van der Waals surface area contributed by atoms with Gasteiger partial charge in [-0.3, -0.25) is 9.59 Å². The van der Waals surface area contributed by atoms with Crippen LogP contribution in [0.5, 0.6) is 0 Å². The summed E-state index contributed by atoms with van der Waals surface area (Å²) in [6.07, 6.45) is 1.76. The third-order valence-electron chi connectivity index (χ3n) is 4.97. The lowest BCUT2D eigenvalue weighted by atomic mass is 10.2. The van der Waals surface area contributed by atoms with Crippen LogP contribution in [0.4, 0.5) is 5.13 Å². The third-order valence-corrected chi connectivity index (χ3v) is 6.01. The highest BCUT2D eigenvalue weighted by Gasteiger charge is 2.24. The Labute approximate surface area is 169 Å². The minimum atomic E-state index is -0.301. The van der Waals surface area contributed by atoms with Crippen LogP contribution in [-0.4, -0.2) is 61.9 Å². The molecular formula is C19H17N7O2S. The van der Waals surface area contributed by atoms with Crippen LogP contribution in [0.1, 0.15) is 0 Å². The molecule has 5 rings (SSSR count). The molecule has 0 unspecified atom stereocenters. The molecule has 0 atom stereocenters. The second kappa shape index (κ2) is 7.21. The number of rotatable bonds is 3. The van der Waals surface area contributed by atoms with E-state index in [9.17, 15) is 9.59 Å². The van der Waals surface area contributed by atoms with E-state index in [0.717, 1.165) is 20.2 Å². The molecule has 0 saturated carbocycles. The highest BCUT2D eigenvalue weighted by Crippen LogP contribution is 2.27. The van der Waals surface area contributed by atoms with Crippen molar-refractivity contribution in [1.82, 2.24) is 29.9 Å². The molecule has 29 heavy (non-hydrogen) atoms. The van der Waals surface area contributed by atoms with E-state index >= 15 is 0 Å². The molecule has 1 aliphatic rings. The maximum Gasteiger partial charge on any atom is 0.278 e. The molecule has 9 nitrogen and oxygen atoms in total. The number of benzene rings is 1. The summed E-state index contributed by atoms with van der Waals surface area (Å²) in [5.41, 5.74) is 1.12. The molecule has 4 aromatic rings. The van der Waals surface area contributed by atoms with E-state index in [2.05, 4.69) is 25.2 Å². The fourth-order valence-corrected chi connectivity index (χ4v) is 4.36. The molecule has 0 aliphatic carbocycles. The molecule has 1 fully saturated rings. The molecule has 1 saturated heterocycles. The summed E-state index contributed by atoms with van der Waals surface area (Å²) in [6.45, 7) is 2.39. The maximum absolute atomic E-state index is 12.7. The quantitative estimate of drug-likeness (QED) is 0.502. The molecule has 0 bridgehead atoms. The highest BCUT2D eigenvalue weighted by atomic mass is 32.1. The van der Waals surface area contributed by atoms with E-state index in [0.29, 0.717) is 37.1 Å². The molecule has 10 heteroatoms. The second-order valence-electron chi connectivity index (χ2n) is 6.76. The molecule has 1 amide bonds. The first-order valence-corrected chi connectivity index (χ1v) is 10.1. The number of aromatic nitrogens is 5. The number of carbonyl (C=O) groups is 1. The van der Waals surface area contributed by atoms with Gasteiger partial charge in [-0.15, -0.1) is 5.10 Å². The zero-order valence-electron chi connectivity index (χ0n) is 15.4. The third kappa shape index (κ3) is 3.31. The summed E-state index contributed by atoms with van der Waals surface area (Å²) in [5, 5.41) is 9.32. The van der Waals surface area contributed by atoms with E-state index in [1.165, 1.54) is 0 Å². The predicted molar refractivity (Wildman–Crippen MR) is 110 cm³/mol. The summed E-state index contributed by atoms with van der Waals surface area (Å²) < 4.78 is 1.14. The number of nitrogens with zero attached hydrogens (tertiary/aromatic N) is 7. The van der Waals surface area contributed by atoms with Gasteiger partial charge < -0.3 is 9.80 Å². The van der Waals surface area contributed by atoms with Crippen LogP contribution in [0.15, 0.2) is 47.4 Å². The monoisotopic (exact) mass is 407 g/mol. The van der Waals surface area contributed by atoms with Gasteiger partial charge in [-0.2, -0.15) is 0 Å². The zero-order valence-corrected chi connectivity index (χ0v) is 16.2. The van der Waals surface area contributed by atoms with Gasteiger partial charge in [0.2, 0.25) is 5.91 Å². The standard InChI is InChI=1S/C19H17N7O2S/c27-16(12-26-18(28)13-4-1-2-5-14(13)22-23-26)24-8-10-25(11-9-24)19-21-15-6-3-7-20-17(15)29-19/h1-7H,8-12H2. The number of amides is 1. The molecule has 1 aliphatic heterocycles. The normalized spacial score (nSPS) is 14.6. The Balaban J connectivity index is 1.27. The number of hydrogen-bond donors (Lipinski definition) is 0. The maximum atomic E-state index is 12.7. The van der Waals surface area contributed by atoms with E-state index in [1.807, 2.05) is 12.1 Å². The molecule has 3 aromatic heterocycles. The lowest BCUT2D eigenvalue weighted by Crippen LogP contribution is -2.50. The fraction of sp³-hybridized carbons (Fsp3) is 0.263. The van der Waals surface area contributed by atoms with Crippen molar-refractivity contribution in [2.75, 3.05) is 31.1 Å². The minimum Gasteiger partial charge on any atom is -0.344 e. The SMILES string of the molecule is O=C(Cn1nnc2ccccc2c1=O)N1CCN(c2nc3cccnc3s2)CC1. The van der Waals surface area contributed by atoms with Crippen LogP contribution in [0.2, 0.25) is 0 Å². The van der Waals surface area contributed by atoms with Crippen LogP contribution < -0.4 is 10.5 Å². The number of hydrogen-bond acceptors (Lipinski definition) is 8. The minimum absolute atomic E-state index is 0.109. The van der Waals surface area contributed by atoms with Gasteiger partial charge in [-0.25, -0.2) is 14.6 Å². The second-order valence-corrected chi connectivity index (χ2v) is 7.72. The molecule has 0 N–H and O–H groups in total. The summed E-state index contributed by atoms with van der Waals surface area (Å²) >= 11 is 1.56. The number of thiazole rings is 1. The number of fused-ring (bicyclic) bond motifs is 2. The van der Waals surface area contributed by atoms with Crippen LogP contribution >= 0.6 is 11.3 Å². The van der Waals surface area contributed by atoms with Crippen molar-refractivity contribution in [3.8, 4) is 0 Å². The van der Waals surface area contributed by atoms with Crippen molar-refractivity contribution in [3.05, 3.63) is 52.9 Å². The zero-order chi connectivity index (χ0) is 19.8. The average Bonchev–Trinajstić information content (AvgIpc) is 3.20. The number of piperazine rings is 1. The van der Waals surface area contributed by atoms with Crippen LogP contribution in [0.25, 0.3) is 21.3 Å². The largest absolute Gasteiger partial charge is 0.344 e. The Morgan fingerprint density at radius 2 is 1.83 bits per heavy atom. The van der Waals surface area contributed by atoms with E-state index < -0.39 is 0 Å². The summed E-state index contributed by atoms with van der Waals surface area (Å²) in [7, 11) is 0. The first-order valence-electron chi connectivity index (χ1n) is 9.26. The van der Waals surface area contributed by atoms with Gasteiger partial charge in [-0.1, -0.05) is 28.7 Å². The topological polar surface area (TPSA) is 97.1 Å². The first-order chi connectivity index (χ1) is 14.2. The average molecular weight is 407 g/mol. The molecule has 0 spiro atoms. The summed E-state index contributed by atoms with van der Waals surface area (Å²) in [6, 6.07) is 10.8. The smallest absolute Gasteiger partial charge is 0.278 e. The Morgan fingerprint density at radius 3 is 2.66 bits per heavy atom. The lowest BCUT2D eigenvalue weighted by molar-refractivity contribution is -0.132. The Kier molecular flexibility index (Phi) is 4.39. The fourth-order valence-electron chi connectivity index (χ4n) is 3.40. The van der Waals surface area contributed by atoms with Gasteiger partial charge in [0.05, 0.1) is 5.39 Å². The Hall–Kier alpha value is -3.40. The van der Waals surface area contributed by atoms with E-state index in [-0.39, 0.29) is 18.0 Å². The molecule has 4 heterocycles. The highest BCUT2D eigenvalue weighted by molar-refractivity contribution is 7.21. The molecule has 146 valence electrons. The van der Waals surface area contributed by atoms with Gasteiger partial charge in [0.25, 0.3) is 5.56 Å². The van der Waals surface area contributed by atoms with Crippen molar-refractivity contribution in [2.45, 2.75) is 6.54 Å². The van der Waals surface area contributed by atoms with E-state index in [4.69, 9.17) is 0 Å². The number of anilines is 1. The van der Waals surface area contributed by atoms with Crippen molar-refractivity contribution >= 4 is 43.6 Å². The summed E-state index contributed by atoms with van der Waals surface area (Å²) in [4.78, 5) is 39.0. The molecule has 0 radical (unpaired) electrons. The number of pyridine rings is 1. The molecule has 1 aromatic carbocycles. The van der Waals surface area contributed by atoms with Crippen molar-refractivity contribution < 1.29 is 4.79 Å². The van der Waals surface area contributed by atoms with E-state index in [1.54, 1.807) is 46.7 Å². The van der Waals surface area contributed by atoms with Gasteiger partial charge in [0.15, 0.2) is 5.13 Å². The van der Waals surface area contributed by atoms with Crippen LogP contribution in [0.3, 0.4) is 0 Å². The number of carbonyl (C=O) groups excluding carboxylic acids is 1. The lowest BCUT2D eigenvalue weighted by Gasteiger charge is -2.34. The van der Waals surface area contributed by atoms with Crippen molar-refractivity contribution in [2.24, 2.45) is 0 Å². The van der Waals surface area contributed by atoms with Crippen LogP contribution in [0, 0.1) is 0 Å². The van der Waals surface area contributed by atoms with Gasteiger partial charge in [-0.05, 0) is 24.3 Å². The van der Waals surface area contributed by atoms with Gasteiger partial charge in [0.1, 0.15) is 22.4 Å². The predicted octanol–water partition coefficient (Wildman–Crippen LogP) is 1.14. The van der Waals surface area contributed by atoms with Gasteiger partial charge >= 0.3 is 0 Å². The first kappa shape index (κ1) is 17.7. The van der Waals surface area contributed by atoms with Gasteiger partial charge in [0, 0.05) is 32.4 Å². The Bertz CT molecular complexity index is 1230. The van der Waals surface area contributed by atoms with Crippen molar-refractivity contribution in [3.63, 3.8) is 0 Å². The molecular weight excluding hydrogens is 390 g/mol. The Morgan fingerprint density at radius 1 is 1.03 bits per heavy atom. The van der Waals surface area contributed by atoms with Crippen LogP contribution in [-0.2, 0) is 11.3 Å².